The van der Waals surface area contributed by atoms with Crippen molar-refractivity contribution in [3.8, 4) is 5.75 Å². The summed E-state index contributed by atoms with van der Waals surface area (Å²) in [5.74, 6) is -0.225. The van der Waals surface area contributed by atoms with E-state index in [9.17, 15) is 13.2 Å². The van der Waals surface area contributed by atoms with Gasteiger partial charge in [0, 0.05) is 12.3 Å². The predicted octanol–water partition coefficient (Wildman–Crippen LogP) is 3.09. The maximum atomic E-state index is 12.7. The van der Waals surface area contributed by atoms with Crippen molar-refractivity contribution in [1.82, 2.24) is 0 Å². The molecule has 0 spiro atoms. The molecule has 0 aromatic heterocycles. The molecule has 0 saturated carbocycles. The van der Waals surface area contributed by atoms with E-state index < -0.39 is 11.7 Å². The molecule has 0 aliphatic rings. The van der Waals surface area contributed by atoms with E-state index in [2.05, 4.69) is 0 Å². The van der Waals surface area contributed by atoms with Crippen LogP contribution in [-0.4, -0.2) is 19.8 Å². The first-order valence-electron chi connectivity index (χ1n) is 5.62. The molecule has 0 aliphatic carbocycles. The van der Waals surface area contributed by atoms with Crippen LogP contribution in [0.15, 0.2) is 18.2 Å². The molecule has 0 heterocycles. The summed E-state index contributed by atoms with van der Waals surface area (Å²) >= 11 is 0. The van der Waals surface area contributed by atoms with Crippen LogP contribution < -0.4 is 10.5 Å². The quantitative estimate of drug-likeness (QED) is 0.633. The molecule has 1 aromatic rings. The van der Waals surface area contributed by atoms with Gasteiger partial charge in [-0.05, 0) is 24.6 Å². The van der Waals surface area contributed by atoms with Crippen molar-refractivity contribution >= 4 is 5.69 Å². The summed E-state index contributed by atoms with van der Waals surface area (Å²) in [6.45, 7) is 2.85. The average Bonchev–Trinajstić information content (AvgIpc) is 2.29. The lowest BCUT2D eigenvalue weighted by Gasteiger charge is -2.14. The summed E-state index contributed by atoms with van der Waals surface area (Å²) in [4.78, 5) is 0. The molecule has 0 aliphatic heterocycles. The smallest absolute Gasteiger partial charge is 0.420 e. The Morgan fingerprint density at radius 3 is 2.50 bits per heavy atom. The van der Waals surface area contributed by atoms with E-state index in [4.69, 9.17) is 15.2 Å². The average molecular weight is 263 g/mol. The third kappa shape index (κ3) is 4.44. The number of alkyl halides is 3. The minimum atomic E-state index is -4.48. The van der Waals surface area contributed by atoms with Gasteiger partial charge in [-0.15, -0.1) is 0 Å². The highest BCUT2D eigenvalue weighted by atomic mass is 19.4. The molecule has 1 rings (SSSR count). The molecule has 2 N–H and O–H groups in total. The SMILES string of the molecule is CCCOCCOc1ccc(N)cc1C(F)(F)F. The molecule has 0 unspecified atom stereocenters. The third-order valence-electron chi connectivity index (χ3n) is 2.14. The molecule has 18 heavy (non-hydrogen) atoms. The molecule has 0 saturated heterocycles. The predicted molar refractivity (Wildman–Crippen MR) is 62.5 cm³/mol. The fourth-order valence-corrected chi connectivity index (χ4v) is 1.35. The minimum absolute atomic E-state index is 0.0527. The summed E-state index contributed by atoms with van der Waals surface area (Å²) in [6.07, 6.45) is -3.62. The van der Waals surface area contributed by atoms with Crippen LogP contribution in [0, 0.1) is 0 Å². The zero-order valence-electron chi connectivity index (χ0n) is 10.1. The van der Waals surface area contributed by atoms with Crippen LogP contribution in [0.2, 0.25) is 0 Å². The standard InChI is InChI=1S/C12H16F3NO2/c1-2-5-17-6-7-18-11-4-3-9(16)8-10(11)12(13,14)15/h3-4,8H,2,5-7,16H2,1H3. The van der Waals surface area contributed by atoms with Crippen molar-refractivity contribution in [3.63, 3.8) is 0 Å². The highest BCUT2D eigenvalue weighted by molar-refractivity contribution is 5.49. The molecular weight excluding hydrogens is 247 g/mol. The second kappa shape index (κ2) is 6.49. The fraction of sp³-hybridized carbons (Fsp3) is 0.500. The molecule has 102 valence electrons. The van der Waals surface area contributed by atoms with Gasteiger partial charge in [0.2, 0.25) is 0 Å². The maximum Gasteiger partial charge on any atom is 0.420 e. The molecular formula is C12H16F3NO2. The maximum absolute atomic E-state index is 12.7. The van der Waals surface area contributed by atoms with Crippen LogP contribution in [-0.2, 0) is 10.9 Å². The van der Waals surface area contributed by atoms with E-state index in [0.29, 0.717) is 6.61 Å². The first kappa shape index (κ1) is 14.6. The van der Waals surface area contributed by atoms with Crippen molar-refractivity contribution < 1.29 is 22.6 Å². The number of benzene rings is 1. The summed E-state index contributed by atoms with van der Waals surface area (Å²) in [7, 11) is 0. The number of ether oxygens (including phenoxy) is 2. The van der Waals surface area contributed by atoms with E-state index in [1.165, 1.54) is 12.1 Å². The monoisotopic (exact) mass is 263 g/mol. The van der Waals surface area contributed by atoms with Crippen LogP contribution >= 0.6 is 0 Å². The van der Waals surface area contributed by atoms with Gasteiger partial charge in [0.1, 0.15) is 12.4 Å². The Hall–Kier alpha value is -1.43. The van der Waals surface area contributed by atoms with Gasteiger partial charge in [0.15, 0.2) is 0 Å². The Morgan fingerprint density at radius 2 is 1.89 bits per heavy atom. The Morgan fingerprint density at radius 1 is 1.17 bits per heavy atom. The van der Waals surface area contributed by atoms with Crippen LogP contribution in [0.1, 0.15) is 18.9 Å². The summed E-state index contributed by atoms with van der Waals surface area (Å²) in [6, 6.07) is 3.46. The van der Waals surface area contributed by atoms with Gasteiger partial charge in [-0.25, -0.2) is 0 Å². The Bertz CT molecular complexity index is 380. The minimum Gasteiger partial charge on any atom is -0.491 e. The lowest BCUT2D eigenvalue weighted by Crippen LogP contribution is -2.12. The van der Waals surface area contributed by atoms with E-state index in [0.717, 1.165) is 12.5 Å². The molecule has 6 heteroatoms. The summed E-state index contributed by atoms with van der Waals surface area (Å²) in [5, 5.41) is 0. The number of hydrogen-bond acceptors (Lipinski definition) is 3. The zero-order valence-corrected chi connectivity index (χ0v) is 10.1. The molecule has 0 atom stereocenters. The highest BCUT2D eigenvalue weighted by Crippen LogP contribution is 2.37. The highest BCUT2D eigenvalue weighted by Gasteiger charge is 2.34. The fourth-order valence-electron chi connectivity index (χ4n) is 1.35. The van der Waals surface area contributed by atoms with Gasteiger partial charge < -0.3 is 15.2 Å². The summed E-state index contributed by atoms with van der Waals surface area (Å²) < 4.78 is 48.3. The molecule has 3 nitrogen and oxygen atoms in total. The lowest BCUT2D eigenvalue weighted by atomic mass is 10.1. The van der Waals surface area contributed by atoms with E-state index in [1.807, 2.05) is 6.92 Å². The first-order chi connectivity index (χ1) is 8.45. The first-order valence-corrected chi connectivity index (χ1v) is 5.62. The van der Waals surface area contributed by atoms with Crippen molar-refractivity contribution in [2.45, 2.75) is 19.5 Å². The van der Waals surface area contributed by atoms with Gasteiger partial charge in [-0.3, -0.25) is 0 Å². The number of hydrogen-bond donors (Lipinski definition) is 1. The van der Waals surface area contributed by atoms with Gasteiger partial charge in [0.25, 0.3) is 0 Å². The van der Waals surface area contributed by atoms with Crippen LogP contribution in [0.5, 0.6) is 5.75 Å². The van der Waals surface area contributed by atoms with E-state index >= 15 is 0 Å². The zero-order chi connectivity index (χ0) is 13.6. The summed E-state index contributed by atoms with van der Waals surface area (Å²) in [5.41, 5.74) is 4.53. The number of nitrogens with two attached hydrogens (primary N) is 1. The van der Waals surface area contributed by atoms with Crippen LogP contribution in [0.3, 0.4) is 0 Å². The normalized spacial score (nSPS) is 11.6. The number of anilines is 1. The van der Waals surface area contributed by atoms with Crippen molar-refractivity contribution in [1.29, 1.82) is 0 Å². The number of rotatable bonds is 6. The molecule has 0 bridgehead atoms. The largest absolute Gasteiger partial charge is 0.491 e. The Balaban J connectivity index is 2.65. The molecule has 1 aromatic carbocycles. The third-order valence-corrected chi connectivity index (χ3v) is 2.14. The van der Waals surface area contributed by atoms with E-state index in [-0.39, 0.29) is 24.7 Å². The van der Waals surface area contributed by atoms with Gasteiger partial charge in [-0.2, -0.15) is 13.2 Å². The Labute approximate surface area is 104 Å². The van der Waals surface area contributed by atoms with Crippen molar-refractivity contribution in [2.24, 2.45) is 0 Å². The van der Waals surface area contributed by atoms with Gasteiger partial charge in [-0.1, -0.05) is 6.92 Å². The van der Waals surface area contributed by atoms with Crippen molar-refractivity contribution in [3.05, 3.63) is 23.8 Å². The molecule has 0 fully saturated rings. The number of halogens is 3. The topological polar surface area (TPSA) is 44.5 Å². The Kier molecular flexibility index (Phi) is 5.27. The van der Waals surface area contributed by atoms with Gasteiger partial charge in [0.05, 0.1) is 12.2 Å². The number of nitrogen functional groups attached to an aromatic ring is 1. The molecule has 0 amide bonds. The van der Waals surface area contributed by atoms with E-state index in [1.54, 1.807) is 0 Å². The van der Waals surface area contributed by atoms with Gasteiger partial charge >= 0.3 is 6.18 Å². The van der Waals surface area contributed by atoms with Crippen LogP contribution in [0.4, 0.5) is 18.9 Å². The molecule has 0 radical (unpaired) electrons. The van der Waals surface area contributed by atoms with Crippen molar-refractivity contribution in [2.75, 3.05) is 25.6 Å². The second-order valence-electron chi connectivity index (χ2n) is 3.71. The van der Waals surface area contributed by atoms with Crippen LogP contribution in [0.25, 0.3) is 0 Å². The second-order valence-corrected chi connectivity index (χ2v) is 3.71. The lowest BCUT2D eigenvalue weighted by molar-refractivity contribution is -0.139.